The highest BCUT2D eigenvalue weighted by Crippen LogP contribution is 2.26. The minimum atomic E-state index is -0.246. The molecule has 0 aromatic carbocycles. The molecule has 1 fully saturated rings. The smallest absolute Gasteiger partial charge is 0.254 e. The number of epoxide rings is 1. The van der Waals surface area contributed by atoms with Crippen LogP contribution in [0.25, 0.3) is 0 Å². The lowest BCUT2D eigenvalue weighted by molar-refractivity contribution is -0.133. The van der Waals surface area contributed by atoms with Crippen LogP contribution < -0.4 is 0 Å². The number of aromatic nitrogens is 1. The van der Waals surface area contributed by atoms with Gasteiger partial charge in [-0.2, -0.15) is 0 Å². The van der Waals surface area contributed by atoms with E-state index >= 15 is 0 Å². The second-order valence-corrected chi connectivity index (χ2v) is 4.17. The predicted octanol–water partition coefficient (Wildman–Crippen LogP) is 1.39. The van der Waals surface area contributed by atoms with Crippen LogP contribution in [0.5, 0.6) is 0 Å². The Labute approximate surface area is 95.2 Å². The van der Waals surface area contributed by atoms with Crippen LogP contribution >= 0.6 is 0 Å². The van der Waals surface area contributed by atoms with Crippen LogP contribution in [0.1, 0.15) is 25.5 Å². The summed E-state index contributed by atoms with van der Waals surface area (Å²) in [5.74, 6) is 0.0452. The molecule has 16 heavy (non-hydrogen) atoms. The van der Waals surface area contributed by atoms with Gasteiger partial charge in [0.05, 0.1) is 12.1 Å². The largest absolute Gasteiger partial charge is 0.359 e. The molecule has 0 radical (unpaired) electrons. The summed E-state index contributed by atoms with van der Waals surface area (Å²) < 4.78 is 5.18. The number of ether oxygens (including phenoxy) is 1. The van der Waals surface area contributed by atoms with Crippen molar-refractivity contribution in [1.82, 2.24) is 9.88 Å². The van der Waals surface area contributed by atoms with E-state index in [9.17, 15) is 4.79 Å². The van der Waals surface area contributed by atoms with Crippen molar-refractivity contribution in [2.24, 2.45) is 0 Å². The number of likely N-dealkylation sites (N-methyl/N-ethyl adjacent to an activating group) is 1. The lowest BCUT2D eigenvalue weighted by Gasteiger charge is -2.24. The van der Waals surface area contributed by atoms with Crippen LogP contribution in [-0.2, 0) is 9.53 Å². The van der Waals surface area contributed by atoms with Gasteiger partial charge in [-0.25, -0.2) is 0 Å². The predicted molar refractivity (Wildman–Crippen MR) is 59.8 cm³/mol. The SMILES string of the molecule is C[C@@H]1O[C@H]1C(=O)N(C)[C@H](C)c1cccnc1. The van der Waals surface area contributed by atoms with E-state index in [0.29, 0.717) is 0 Å². The molecule has 4 nitrogen and oxygen atoms in total. The lowest BCUT2D eigenvalue weighted by Crippen LogP contribution is -2.33. The highest BCUT2D eigenvalue weighted by Gasteiger charge is 2.43. The molecule has 0 spiro atoms. The fraction of sp³-hybridized carbons (Fsp3) is 0.500. The van der Waals surface area contributed by atoms with E-state index in [1.54, 1.807) is 24.3 Å². The molecule has 0 aliphatic carbocycles. The average molecular weight is 220 g/mol. The Bertz CT molecular complexity index is 380. The van der Waals surface area contributed by atoms with E-state index in [4.69, 9.17) is 4.74 Å². The maximum atomic E-state index is 11.9. The maximum Gasteiger partial charge on any atom is 0.254 e. The van der Waals surface area contributed by atoms with Crippen LogP contribution in [0.2, 0.25) is 0 Å². The van der Waals surface area contributed by atoms with Crippen molar-refractivity contribution in [2.45, 2.75) is 32.1 Å². The zero-order valence-electron chi connectivity index (χ0n) is 9.75. The van der Waals surface area contributed by atoms with Crippen molar-refractivity contribution in [3.8, 4) is 0 Å². The summed E-state index contributed by atoms with van der Waals surface area (Å²) in [6, 6.07) is 3.87. The summed E-state index contributed by atoms with van der Waals surface area (Å²) in [4.78, 5) is 17.7. The van der Waals surface area contributed by atoms with Crippen LogP contribution in [0.15, 0.2) is 24.5 Å². The standard InChI is InChI=1S/C12H16N2O2/c1-8(10-5-4-6-13-7-10)14(3)12(15)11-9(2)16-11/h4-9,11H,1-3H3/t8-,9+,11-/m1/s1. The first-order valence-corrected chi connectivity index (χ1v) is 5.43. The number of pyridine rings is 1. The molecule has 86 valence electrons. The first-order valence-electron chi connectivity index (χ1n) is 5.43. The van der Waals surface area contributed by atoms with Crippen LogP contribution in [0.4, 0.5) is 0 Å². The summed E-state index contributed by atoms with van der Waals surface area (Å²) >= 11 is 0. The van der Waals surface area contributed by atoms with Crippen molar-refractivity contribution in [3.63, 3.8) is 0 Å². The lowest BCUT2D eigenvalue weighted by atomic mass is 10.1. The van der Waals surface area contributed by atoms with Crippen LogP contribution in [0.3, 0.4) is 0 Å². The third-order valence-corrected chi connectivity index (χ3v) is 3.05. The van der Waals surface area contributed by atoms with Gasteiger partial charge in [0.1, 0.15) is 0 Å². The summed E-state index contributed by atoms with van der Waals surface area (Å²) in [5, 5.41) is 0. The molecule has 0 saturated carbocycles. The van der Waals surface area contributed by atoms with Crippen molar-refractivity contribution < 1.29 is 9.53 Å². The van der Waals surface area contributed by atoms with Crippen molar-refractivity contribution in [3.05, 3.63) is 30.1 Å². The summed E-state index contributed by atoms with van der Waals surface area (Å²) in [6.07, 6.45) is 3.33. The average Bonchev–Trinajstić information content (AvgIpc) is 3.04. The van der Waals surface area contributed by atoms with Crippen LogP contribution in [-0.4, -0.2) is 35.0 Å². The Morgan fingerprint density at radius 1 is 1.62 bits per heavy atom. The maximum absolute atomic E-state index is 11.9. The molecule has 2 heterocycles. The monoisotopic (exact) mass is 220 g/mol. The molecule has 1 aliphatic heterocycles. The van der Waals surface area contributed by atoms with Gasteiger partial charge < -0.3 is 9.64 Å². The molecule has 1 aliphatic rings. The van der Waals surface area contributed by atoms with Gasteiger partial charge in [0.15, 0.2) is 6.10 Å². The molecule has 0 bridgehead atoms. The first-order chi connectivity index (χ1) is 7.61. The number of carbonyl (C=O) groups is 1. The number of nitrogens with zero attached hydrogens (tertiary/aromatic N) is 2. The van der Waals surface area contributed by atoms with Crippen molar-refractivity contribution >= 4 is 5.91 Å². The van der Waals surface area contributed by atoms with Gasteiger partial charge in [-0.15, -0.1) is 0 Å². The Morgan fingerprint density at radius 2 is 2.31 bits per heavy atom. The molecule has 2 rings (SSSR count). The number of carbonyl (C=O) groups excluding carboxylic acids is 1. The molecule has 0 N–H and O–H groups in total. The van der Waals surface area contributed by atoms with Gasteiger partial charge in [-0.05, 0) is 25.5 Å². The first kappa shape index (κ1) is 11.1. The molecule has 1 aromatic rings. The van der Waals surface area contributed by atoms with E-state index in [1.807, 2.05) is 26.0 Å². The molecule has 1 aromatic heterocycles. The van der Waals surface area contributed by atoms with Gasteiger partial charge >= 0.3 is 0 Å². The number of hydrogen-bond acceptors (Lipinski definition) is 3. The van der Waals surface area contributed by atoms with E-state index < -0.39 is 0 Å². The van der Waals surface area contributed by atoms with Crippen molar-refractivity contribution in [1.29, 1.82) is 0 Å². The molecular weight excluding hydrogens is 204 g/mol. The normalized spacial score (nSPS) is 24.9. The number of rotatable bonds is 3. The van der Waals surface area contributed by atoms with Gasteiger partial charge in [0, 0.05) is 19.4 Å². The summed E-state index contributed by atoms with van der Waals surface area (Å²) in [6.45, 7) is 3.90. The Hall–Kier alpha value is -1.42. The number of hydrogen-bond donors (Lipinski definition) is 0. The minimum absolute atomic E-state index is 0.0256. The van der Waals surface area contributed by atoms with E-state index in [2.05, 4.69) is 4.98 Å². The van der Waals surface area contributed by atoms with Gasteiger partial charge in [-0.1, -0.05) is 6.07 Å². The van der Waals surface area contributed by atoms with E-state index in [-0.39, 0.29) is 24.2 Å². The summed E-state index contributed by atoms with van der Waals surface area (Å²) in [5.41, 5.74) is 1.03. The quantitative estimate of drug-likeness (QED) is 0.723. The minimum Gasteiger partial charge on any atom is -0.359 e. The highest BCUT2D eigenvalue weighted by molar-refractivity contribution is 5.83. The fourth-order valence-corrected chi connectivity index (χ4v) is 1.68. The van der Waals surface area contributed by atoms with Crippen molar-refractivity contribution in [2.75, 3.05) is 7.05 Å². The van der Waals surface area contributed by atoms with Gasteiger partial charge in [0.2, 0.25) is 0 Å². The topological polar surface area (TPSA) is 45.7 Å². The molecule has 0 unspecified atom stereocenters. The molecule has 3 atom stereocenters. The molecule has 4 heteroatoms. The van der Waals surface area contributed by atoms with Crippen LogP contribution in [0, 0.1) is 0 Å². The molecule has 1 saturated heterocycles. The van der Waals surface area contributed by atoms with Gasteiger partial charge in [-0.3, -0.25) is 9.78 Å². The number of amides is 1. The third-order valence-electron chi connectivity index (χ3n) is 3.05. The zero-order chi connectivity index (χ0) is 11.7. The van der Waals surface area contributed by atoms with E-state index in [1.165, 1.54) is 0 Å². The summed E-state index contributed by atoms with van der Waals surface area (Å²) in [7, 11) is 1.80. The fourth-order valence-electron chi connectivity index (χ4n) is 1.68. The Morgan fingerprint density at radius 3 is 2.81 bits per heavy atom. The highest BCUT2D eigenvalue weighted by atomic mass is 16.6. The Kier molecular flexibility index (Phi) is 2.92. The Balaban J connectivity index is 2.04. The van der Waals surface area contributed by atoms with Gasteiger partial charge in [0.25, 0.3) is 5.91 Å². The van der Waals surface area contributed by atoms with E-state index in [0.717, 1.165) is 5.56 Å². The second-order valence-electron chi connectivity index (χ2n) is 4.17. The molecular formula is C12H16N2O2. The second kappa shape index (κ2) is 4.22. The third kappa shape index (κ3) is 2.07. The molecule has 1 amide bonds. The zero-order valence-corrected chi connectivity index (χ0v) is 9.75.